The van der Waals surface area contributed by atoms with E-state index < -0.39 is 34.7 Å². The summed E-state index contributed by atoms with van der Waals surface area (Å²) in [5, 5.41) is 0. The third-order valence-corrected chi connectivity index (χ3v) is 6.58. The Morgan fingerprint density at radius 3 is 2.03 bits per heavy atom. The second-order valence-corrected chi connectivity index (χ2v) is 7.98. The topological polar surface area (TPSA) is 105 Å². The van der Waals surface area contributed by atoms with Crippen LogP contribution in [-0.4, -0.2) is 52.3 Å². The van der Waals surface area contributed by atoms with Crippen molar-refractivity contribution >= 4 is 29.5 Å². The van der Waals surface area contributed by atoms with Gasteiger partial charge in [0.15, 0.2) is 11.0 Å². The standard InChI is InChI=1S/C25H26O8/c1-6-15-13-25(22(28)32-4,23(29)33-5)14-24(15)12-11-17(16-9-7-8-10-18(16)24)19(20(26)30-2)21(27)31-3/h6-12,15H,1,13-14H2,2-5H3/t15-,24?/m0/s1. The minimum Gasteiger partial charge on any atom is -0.468 e. The molecular weight excluding hydrogens is 428 g/mol. The molecule has 1 fully saturated rings. The van der Waals surface area contributed by atoms with Gasteiger partial charge in [0.25, 0.3) is 0 Å². The molecule has 2 aliphatic rings. The highest BCUT2D eigenvalue weighted by atomic mass is 16.6. The maximum Gasteiger partial charge on any atom is 0.345 e. The number of fused-ring (bicyclic) bond motifs is 2. The molecule has 2 aliphatic carbocycles. The molecule has 0 radical (unpaired) electrons. The van der Waals surface area contributed by atoms with E-state index >= 15 is 0 Å². The molecule has 0 N–H and O–H groups in total. The Hall–Kier alpha value is -3.68. The number of benzene rings is 1. The minimum atomic E-state index is -1.53. The summed E-state index contributed by atoms with van der Waals surface area (Å²) < 4.78 is 19.6. The van der Waals surface area contributed by atoms with Crippen molar-refractivity contribution in [3.63, 3.8) is 0 Å². The Kier molecular flexibility index (Phi) is 6.58. The average Bonchev–Trinajstić information content (AvgIpc) is 3.20. The smallest absolute Gasteiger partial charge is 0.345 e. The van der Waals surface area contributed by atoms with Crippen LogP contribution >= 0.6 is 0 Å². The highest BCUT2D eigenvalue weighted by Crippen LogP contribution is 2.59. The van der Waals surface area contributed by atoms with E-state index in [1.165, 1.54) is 28.4 Å². The molecule has 0 amide bonds. The zero-order valence-electron chi connectivity index (χ0n) is 19.0. The molecule has 8 nitrogen and oxygen atoms in total. The summed E-state index contributed by atoms with van der Waals surface area (Å²) in [6.07, 6.45) is 5.34. The van der Waals surface area contributed by atoms with Gasteiger partial charge in [-0.3, -0.25) is 9.59 Å². The van der Waals surface area contributed by atoms with Crippen molar-refractivity contribution in [2.45, 2.75) is 18.3 Å². The lowest BCUT2D eigenvalue weighted by Crippen LogP contribution is -2.41. The van der Waals surface area contributed by atoms with Gasteiger partial charge in [0.05, 0.1) is 28.4 Å². The number of methoxy groups -OCH3 is 4. The molecule has 8 heteroatoms. The molecule has 0 bridgehead atoms. The summed E-state index contributed by atoms with van der Waals surface area (Å²) in [7, 11) is 4.81. The number of rotatable bonds is 5. The largest absolute Gasteiger partial charge is 0.468 e. The van der Waals surface area contributed by atoms with Crippen molar-refractivity contribution in [1.82, 2.24) is 0 Å². The SMILES string of the molecule is C=C[C@H]1CC(C(=O)OC)(C(=O)OC)CC12C=CC(=C(C(=O)OC)C(=O)OC)c1ccccc12. The van der Waals surface area contributed by atoms with Gasteiger partial charge >= 0.3 is 23.9 Å². The monoisotopic (exact) mass is 454 g/mol. The van der Waals surface area contributed by atoms with Crippen LogP contribution in [0.4, 0.5) is 0 Å². The first-order valence-electron chi connectivity index (χ1n) is 10.3. The average molecular weight is 454 g/mol. The molecule has 174 valence electrons. The molecule has 0 saturated heterocycles. The highest BCUT2D eigenvalue weighted by Gasteiger charge is 2.63. The molecular formula is C25H26O8. The van der Waals surface area contributed by atoms with Crippen molar-refractivity contribution in [2.75, 3.05) is 28.4 Å². The third kappa shape index (κ3) is 3.55. The Balaban J connectivity index is 2.31. The van der Waals surface area contributed by atoms with Crippen LogP contribution in [0.15, 0.2) is 54.6 Å². The molecule has 1 aromatic carbocycles. The number of esters is 4. The fraction of sp³-hybridized carbons (Fsp3) is 0.360. The van der Waals surface area contributed by atoms with Gasteiger partial charge in [-0.15, -0.1) is 6.58 Å². The van der Waals surface area contributed by atoms with Crippen molar-refractivity contribution in [1.29, 1.82) is 0 Å². The molecule has 1 spiro atoms. The van der Waals surface area contributed by atoms with Crippen LogP contribution in [0.5, 0.6) is 0 Å². The second kappa shape index (κ2) is 9.05. The lowest BCUT2D eigenvalue weighted by molar-refractivity contribution is -0.169. The van der Waals surface area contributed by atoms with Gasteiger partial charge in [-0.1, -0.05) is 42.5 Å². The van der Waals surface area contributed by atoms with E-state index in [4.69, 9.17) is 18.9 Å². The van der Waals surface area contributed by atoms with Crippen LogP contribution in [-0.2, 0) is 43.5 Å². The highest BCUT2D eigenvalue weighted by molar-refractivity contribution is 6.21. The summed E-state index contributed by atoms with van der Waals surface area (Å²) in [4.78, 5) is 50.6. The number of hydrogen-bond acceptors (Lipinski definition) is 8. The fourth-order valence-electron chi connectivity index (χ4n) is 5.08. The molecule has 33 heavy (non-hydrogen) atoms. The zero-order valence-corrected chi connectivity index (χ0v) is 19.0. The lowest BCUT2D eigenvalue weighted by Gasteiger charge is -2.37. The van der Waals surface area contributed by atoms with Crippen LogP contribution < -0.4 is 0 Å². The third-order valence-electron chi connectivity index (χ3n) is 6.58. The number of carbonyl (C=O) groups excluding carboxylic acids is 4. The first-order chi connectivity index (χ1) is 15.8. The van der Waals surface area contributed by atoms with E-state index in [-0.39, 0.29) is 24.3 Å². The quantitative estimate of drug-likeness (QED) is 0.167. The fourth-order valence-corrected chi connectivity index (χ4v) is 5.08. The first-order valence-corrected chi connectivity index (χ1v) is 10.3. The Bertz CT molecular complexity index is 1050. The zero-order chi connectivity index (χ0) is 24.4. The van der Waals surface area contributed by atoms with Gasteiger partial charge in [-0.05, 0) is 29.9 Å². The van der Waals surface area contributed by atoms with Crippen molar-refractivity contribution in [3.8, 4) is 0 Å². The summed E-state index contributed by atoms with van der Waals surface area (Å²) in [6.45, 7) is 3.94. The Morgan fingerprint density at radius 2 is 1.52 bits per heavy atom. The van der Waals surface area contributed by atoms with Gasteiger partial charge in [-0.25, -0.2) is 9.59 Å². The van der Waals surface area contributed by atoms with Gasteiger partial charge in [0, 0.05) is 11.0 Å². The van der Waals surface area contributed by atoms with E-state index in [2.05, 4.69) is 6.58 Å². The molecule has 0 heterocycles. The number of ether oxygens (including phenoxy) is 4. The molecule has 1 aromatic rings. The van der Waals surface area contributed by atoms with E-state index in [0.717, 1.165) is 5.56 Å². The predicted molar refractivity (Wildman–Crippen MR) is 118 cm³/mol. The summed E-state index contributed by atoms with van der Waals surface area (Å²) in [6, 6.07) is 7.18. The van der Waals surface area contributed by atoms with Gasteiger partial charge in [0.2, 0.25) is 0 Å². The van der Waals surface area contributed by atoms with Gasteiger partial charge in [0.1, 0.15) is 0 Å². The van der Waals surface area contributed by atoms with Crippen molar-refractivity contribution < 1.29 is 38.1 Å². The molecule has 1 saturated carbocycles. The van der Waals surface area contributed by atoms with E-state index in [9.17, 15) is 19.2 Å². The summed E-state index contributed by atoms with van der Waals surface area (Å²) in [5.74, 6) is -3.38. The lowest BCUT2D eigenvalue weighted by atomic mass is 9.65. The van der Waals surface area contributed by atoms with E-state index in [1.54, 1.807) is 30.4 Å². The Labute approximate surface area is 191 Å². The number of carbonyl (C=O) groups is 4. The van der Waals surface area contributed by atoms with Crippen LogP contribution in [0.1, 0.15) is 24.0 Å². The molecule has 0 aliphatic heterocycles. The van der Waals surface area contributed by atoms with E-state index in [0.29, 0.717) is 11.1 Å². The van der Waals surface area contributed by atoms with Crippen LogP contribution in [0.3, 0.4) is 0 Å². The first kappa shape index (κ1) is 24.0. The van der Waals surface area contributed by atoms with Crippen molar-refractivity contribution in [3.05, 3.63) is 65.8 Å². The normalized spacial score (nSPS) is 22.2. The molecule has 3 rings (SSSR count). The number of hydrogen-bond donors (Lipinski definition) is 0. The van der Waals surface area contributed by atoms with Gasteiger partial charge in [-0.2, -0.15) is 0 Å². The predicted octanol–water partition coefficient (Wildman–Crippen LogP) is 2.52. The van der Waals surface area contributed by atoms with Gasteiger partial charge < -0.3 is 18.9 Å². The van der Waals surface area contributed by atoms with Crippen LogP contribution in [0, 0.1) is 11.3 Å². The van der Waals surface area contributed by atoms with Crippen LogP contribution in [0.2, 0.25) is 0 Å². The molecule has 2 atom stereocenters. The number of allylic oxidation sites excluding steroid dienone is 4. The second-order valence-electron chi connectivity index (χ2n) is 7.98. The maximum atomic E-state index is 12.9. The summed E-state index contributed by atoms with van der Waals surface area (Å²) >= 11 is 0. The molecule has 0 aromatic heterocycles. The summed E-state index contributed by atoms with van der Waals surface area (Å²) in [5.41, 5.74) is -0.975. The van der Waals surface area contributed by atoms with E-state index in [1.807, 2.05) is 12.1 Å². The van der Waals surface area contributed by atoms with Crippen molar-refractivity contribution in [2.24, 2.45) is 11.3 Å². The minimum absolute atomic E-state index is 0.0720. The maximum absolute atomic E-state index is 12.9. The Morgan fingerprint density at radius 1 is 0.939 bits per heavy atom. The van der Waals surface area contributed by atoms with Crippen LogP contribution in [0.25, 0.3) is 5.57 Å². The molecule has 1 unspecified atom stereocenters.